The third-order valence-corrected chi connectivity index (χ3v) is 2.41. The molecule has 4 nitrogen and oxygen atoms in total. The number of aromatic nitrogens is 1. The minimum atomic E-state index is 0.140. The Hall–Kier alpha value is -0.840. The molecule has 0 bridgehead atoms. The van der Waals surface area contributed by atoms with Crippen LogP contribution in [0.4, 0.5) is 0 Å². The molecular weight excluding hydrogens is 152 g/mol. The van der Waals surface area contributed by atoms with E-state index in [1.54, 1.807) is 0 Å². The first-order valence-corrected chi connectivity index (χ1v) is 4.18. The van der Waals surface area contributed by atoms with Crippen molar-refractivity contribution in [2.75, 3.05) is 0 Å². The van der Waals surface area contributed by atoms with Gasteiger partial charge < -0.3 is 10.7 Å². The Labute approximate surface area is 71.5 Å². The maximum Gasteiger partial charge on any atom is 0.0643 e. The highest BCUT2D eigenvalue weighted by atomic mass is 15.4. The van der Waals surface area contributed by atoms with Crippen LogP contribution in [0.25, 0.3) is 0 Å². The second kappa shape index (κ2) is 2.90. The van der Waals surface area contributed by atoms with Crippen molar-refractivity contribution in [3.8, 4) is 0 Å². The van der Waals surface area contributed by atoms with E-state index in [4.69, 9.17) is 5.73 Å². The monoisotopic (exact) mass is 166 g/mol. The minimum absolute atomic E-state index is 0.140. The van der Waals surface area contributed by atoms with E-state index >= 15 is 0 Å². The minimum Gasteiger partial charge on any atom is -0.367 e. The molecule has 66 valence electrons. The molecule has 2 rings (SSSR count). The van der Waals surface area contributed by atoms with Crippen molar-refractivity contribution in [2.45, 2.75) is 25.0 Å². The van der Waals surface area contributed by atoms with Crippen LogP contribution in [-0.2, 0) is 0 Å². The first-order valence-electron chi connectivity index (χ1n) is 4.18. The molecule has 4 heteroatoms. The summed E-state index contributed by atoms with van der Waals surface area (Å²) in [6.07, 6.45) is 3.88. The number of hydrogen-bond donors (Lipinski definition) is 4. The van der Waals surface area contributed by atoms with Gasteiger partial charge in [-0.1, -0.05) is 0 Å². The third-order valence-electron chi connectivity index (χ3n) is 2.41. The number of hydrazine groups is 1. The lowest BCUT2D eigenvalue weighted by molar-refractivity contribution is 0.550. The molecule has 3 unspecified atom stereocenters. The molecule has 0 amide bonds. The van der Waals surface area contributed by atoms with Crippen LogP contribution < -0.4 is 16.6 Å². The fourth-order valence-corrected chi connectivity index (χ4v) is 1.54. The van der Waals surface area contributed by atoms with Crippen LogP contribution >= 0.6 is 0 Å². The zero-order valence-electron chi connectivity index (χ0n) is 7.04. The van der Waals surface area contributed by atoms with Crippen molar-refractivity contribution < 1.29 is 0 Å². The number of nitrogens with two attached hydrogens (primary N) is 1. The average Bonchev–Trinajstić information content (AvgIpc) is 2.64. The fourth-order valence-electron chi connectivity index (χ4n) is 1.54. The van der Waals surface area contributed by atoms with Gasteiger partial charge in [0.05, 0.1) is 6.04 Å². The van der Waals surface area contributed by atoms with Crippen molar-refractivity contribution in [3.63, 3.8) is 0 Å². The van der Waals surface area contributed by atoms with Crippen LogP contribution in [0.3, 0.4) is 0 Å². The van der Waals surface area contributed by atoms with Crippen molar-refractivity contribution in [1.82, 2.24) is 15.8 Å². The Kier molecular flexibility index (Phi) is 1.88. The van der Waals surface area contributed by atoms with Gasteiger partial charge in [-0.3, -0.25) is 5.43 Å². The van der Waals surface area contributed by atoms with E-state index in [9.17, 15) is 0 Å². The van der Waals surface area contributed by atoms with Crippen molar-refractivity contribution in [1.29, 1.82) is 0 Å². The normalized spacial score (nSPS) is 35.7. The van der Waals surface area contributed by atoms with Gasteiger partial charge in [0.25, 0.3) is 0 Å². The van der Waals surface area contributed by atoms with E-state index in [1.165, 1.54) is 5.56 Å². The second-order valence-corrected chi connectivity index (χ2v) is 3.28. The van der Waals surface area contributed by atoms with Crippen molar-refractivity contribution in [3.05, 3.63) is 24.0 Å². The number of H-pyrrole nitrogens is 1. The number of rotatable bonds is 1. The fraction of sp³-hybridized carbons (Fsp3) is 0.500. The van der Waals surface area contributed by atoms with Gasteiger partial charge >= 0.3 is 0 Å². The second-order valence-electron chi connectivity index (χ2n) is 3.28. The number of nitrogens with one attached hydrogen (secondary N) is 3. The van der Waals surface area contributed by atoms with Crippen LogP contribution in [0, 0.1) is 0 Å². The van der Waals surface area contributed by atoms with Crippen molar-refractivity contribution >= 4 is 0 Å². The summed E-state index contributed by atoms with van der Waals surface area (Å²) in [7, 11) is 0. The smallest absolute Gasteiger partial charge is 0.0643 e. The van der Waals surface area contributed by atoms with E-state index in [0.29, 0.717) is 6.04 Å². The van der Waals surface area contributed by atoms with Gasteiger partial charge in [0.15, 0.2) is 0 Å². The molecular formula is C8H14N4. The molecule has 1 aromatic heterocycles. The first kappa shape index (κ1) is 7.79. The van der Waals surface area contributed by atoms with Crippen LogP contribution in [0.1, 0.15) is 18.5 Å². The van der Waals surface area contributed by atoms with Crippen LogP contribution in [0.5, 0.6) is 0 Å². The van der Waals surface area contributed by atoms with E-state index < -0.39 is 0 Å². The summed E-state index contributed by atoms with van der Waals surface area (Å²) in [6.45, 7) is 2.07. The van der Waals surface area contributed by atoms with E-state index in [2.05, 4.69) is 22.8 Å². The summed E-state index contributed by atoms with van der Waals surface area (Å²) in [5.74, 6) is 0. The highest BCUT2D eigenvalue weighted by Crippen LogP contribution is 2.20. The molecule has 1 aromatic rings. The van der Waals surface area contributed by atoms with Crippen molar-refractivity contribution in [2.24, 2.45) is 5.73 Å². The lowest BCUT2D eigenvalue weighted by Crippen LogP contribution is -2.35. The zero-order chi connectivity index (χ0) is 8.55. The maximum absolute atomic E-state index is 5.97. The lowest BCUT2D eigenvalue weighted by Gasteiger charge is -2.14. The van der Waals surface area contributed by atoms with E-state index in [-0.39, 0.29) is 12.1 Å². The Morgan fingerprint density at radius 1 is 1.42 bits per heavy atom. The standard InChI is InChI=1S/C8H14N4/c1-5-7(9)8(12-11-5)6-2-3-10-4-6/h2-5,7-8,10-12H,9H2,1H3. The summed E-state index contributed by atoms with van der Waals surface area (Å²) in [5.41, 5.74) is 13.5. The highest BCUT2D eigenvalue weighted by Gasteiger charge is 2.30. The third kappa shape index (κ3) is 1.14. The summed E-state index contributed by atoms with van der Waals surface area (Å²) in [6, 6.07) is 2.73. The molecule has 1 aliphatic rings. The molecule has 0 spiro atoms. The molecule has 0 aliphatic carbocycles. The molecule has 1 saturated heterocycles. The summed E-state index contributed by atoms with van der Waals surface area (Å²) in [5, 5.41) is 0. The Balaban J connectivity index is 2.16. The molecule has 0 aromatic carbocycles. The molecule has 2 heterocycles. The SMILES string of the molecule is CC1NNC(c2cc[nH]c2)C1N. The summed E-state index contributed by atoms with van der Waals surface area (Å²) < 4.78 is 0. The van der Waals surface area contributed by atoms with Crippen LogP contribution in [-0.4, -0.2) is 17.1 Å². The quantitative estimate of drug-likeness (QED) is 0.470. The molecule has 3 atom stereocenters. The van der Waals surface area contributed by atoms with Gasteiger partial charge in [0.2, 0.25) is 0 Å². The van der Waals surface area contributed by atoms with E-state index in [1.807, 2.05) is 18.5 Å². The summed E-state index contributed by atoms with van der Waals surface area (Å²) in [4.78, 5) is 3.02. The lowest BCUT2D eigenvalue weighted by atomic mass is 10.0. The number of aromatic amines is 1. The highest BCUT2D eigenvalue weighted by molar-refractivity contribution is 5.18. The average molecular weight is 166 g/mol. The largest absolute Gasteiger partial charge is 0.367 e. The zero-order valence-corrected chi connectivity index (χ0v) is 7.04. The Bertz CT molecular complexity index is 244. The maximum atomic E-state index is 5.97. The molecule has 0 radical (unpaired) electrons. The molecule has 5 N–H and O–H groups in total. The van der Waals surface area contributed by atoms with Gasteiger partial charge in [0, 0.05) is 24.5 Å². The Morgan fingerprint density at radius 2 is 2.25 bits per heavy atom. The Morgan fingerprint density at radius 3 is 2.75 bits per heavy atom. The topological polar surface area (TPSA) is 65.9 Å². The molecule has 1 fully saturated rings. The van der Waals surface area contributed by atoms with Gasteiger partial charge in [0.1, 0.15) is 0 Å². The van der Waals surface area contributed by atoms with Gasteiger partial charge in [-0.25, -0.2) is 5.43 Å². The van der Waals surface area contributed by atoms with E-state index in [0.717, 1.165) is 0 Å². The predicted octanol–water partition coefficient (Wildman–Crippen LogP) is -0.121. The van der Waals surface area contributed by atoms with Crippen LogP contribution in [0.15, 0.2) is 18.5 Å². The predicted molar refractivity (Wildman–Crippen MR) is 47.2 cm³/mol. The molecule has 0 saturated carbocycles. The number of hydrogen-bond acceptors (Lipinski definition) is 3. The molecule has 1 aliphatic heterocycles. The summed E-state index contributed by atoms with van der Waals surface area (Å²) >= 11 is 0. The molecule has 12 heavy (non-hydrogen) atoms. The first-order chi connectivity index (χ1) is 5.79. The van der Waals surface area contributed by atoms with Crippen LogP contribution in [0.2, 0.25) is 0 Å². The van der Waals surface area contributed by atoms with Gasteiger partial charge in [-0.05, 0) is 18.6 Å². The van der Waals surface area contributed by atoms with Gasteiger partial charge in [-0.15, -0.1) is 0 Å². The van der Waals surface area contributed by atoms with Gasteiger partial charge in [-0.2, -0.15) is 0 Å².